The lowest BCUT2D eigenvalue weighted by Crippen LogP contribution is -2.03. The van der Waals surface area contributed by atoms with Gasteiger partial charge in [-0.1, -0.05) is 6.07 Å². The Labute approximate surface area is 123 Å². The highest BCUT2D eigenvalue weighted by Gasteiger charge is 2.15. The minimum absolute atomic E-state index is 0.0989. The molecule has 108 valence electrons. The van der Waals surface area contributed by atoms with E-state index in [1.54, 1.807) is 12.1 Å². The Morgan fingerprint density at radius 3 is 2.57 bits per heavy atom. The van der Waals surface area contributed by atoms with Gasteiger partial charge in [-0.05, 0) is 56.7 Å². The summed E-state index contributed by atoms with van der Waals surface area (Å²) in [5, 5.41) is 9.59. The fourth-order valence-corrected chi connectivity index (χ4v) is 2.63. The Morgan fingerprint density at radius 2 is 1.90 bits per heavy atom. The molecule has 1 heterocycles. The molecule has 3 rings (SSSR count). The quantitative estimate of drug-likeness (QED) is 0.553. The van der Waals surface area contributed by atoms with Crippen LogP contribution in [-0.2, 0) is 0 Å². The van der Waals surface area contributed by atoms with Crippen molar-refractivity contribution in [2.45, 2.75) is 26.8 Å². The zero-order chi connectivity index (χ0) is 15.1. The van der Waals surface area contributed by atoms with E-state index in [0.717, 1.165) is 22.4 Å². The van der Waals surface area contributed by atoms with Gasteiger partial charge >= 0.3 is 0 Å². The number of hydrogen-bond donors (Lipinski definition) is 2. The number of rotatable bonds is 2. The van der Waals surface area contributed by atoms with Gasteiger partial charge in [-0.2, -0.15) is 0 Å². The zero-order valence-electron chi connectivity index (χ0n) is 12.5. The predicted octanol–water partition coefficient (Wildman–Crippen LogP) is 3.88. The second-order valence-electron chi connectivity index (χ2n) is 5.66. The van der Waals surface area contributed by atoms with Crippen molar-refractivity contribution in [3.8, 4) is 17.1 Å². The molecule has 0 atom stereocenters. The van der Waals surface area contributed by atoms with E-state index in [2.05, 4.69) is 43.5 Å². The van der Waals surface area contributed by atoms with Gasteiger partial charge in [0.1, 0.15) is 11.6 Å². The van der Waals surface area contributed by atoms with Crippen molar-refractivity contribution in [3.63, 3.8) is 0 Å². The highest BCUT2D eigenvalue weighted by Crippen LogP contribution is 2.32. The van der Waals surface area contributed by atoms with Crippen LogP contribution in [0.25, 0.3) is 22.4 Å². The van der Waals surface area contributed by atoms with Crippen LogP contribution in [-0.4, -0.2) is 14.7 Å². The fourth-order valence-electron chi connectivity index (χ4n) is 2.63. The molecule has 0 aliphatic rings. The average molecular weight is 281 g/mol. The molecule has 4 nitrogen and oxygen atoms in total. The summed E-state index contributed by atoms with van der Waals surface area (Å²) in [6.07, 6.45) is 0. The van der Waals surface area contributed by atoms with Gasteiger partial charge in [0, 0.05) is 11.6 Å². The molecule has 0 saturated carbocycles. The number of anilines is 1. The van der Waals surface area contributed by atoms with Crippen LogP contribution >= 0.6 is 0 Å². The number of imidazole rings is 1. The first-order chi connectivity index (χ1) is 9.97. The Bertz CT molecular complexity index is 818. The maximum atomic E-state index is 9.59. The van der Waals surface area contributed by atoms with E-state index in [0.29, 0.717) is 5.69 Å². The second kappa shape index (κ2) is 4.81. The molecule has 0 spiro atoms. The van der Waals surface area contributed by atoms with Gasteiger partial charge < -0.3 is 15.4 Å². The number of benzene rings is 2. The molecule has 0 fully saturated rings. The summed E-state index contributed by atoms with van der Waals surface area (Å²) in [6, 6.07) is 11.8. The second-order valence-corrected chi connectivity index (χ2v) is 5.66. The van der Waals surface area contributed by atoms with Crippen molar-refractivity contribution >= 4 is 16.7 Å². The number of nitrogen functional groups attached to an aromatic ring is 1. The Kier molecular flexibility index (Phi) is 3.09. The van der Waals surface area contributed by atoms with Crippen LogP contribution in [0, 0.1) is 6.92 Å². The van der Waals surface area contributed by atoms with Crippen molar-refractivity contribution in [1.82, 2.24) is 9.55 Å². The van der Waals surface area contributed by atoms with Gasteiger partial charge in [-0.25, -0.2) is 4.98 Å². The van der Waals surface area contributed by atoms with Crippen LogP contribution in [0.5, 0.6) is 5.75 Å². The van der Waals surface area contributed by atoms with Crippen LogP contribution < -0.4 is 5.73 Å². The monoisotopic (exact) mass is 281 g/mol. The Morgan fingerprint density at radius 1 is 1.14 bits per heavy atom. The van der Waals surface area contributed by atoms with E-state index in [1.165, 1.54) is 5.56 Å². The number of phenols is 1. The third-order valence-electron chi connectivity index (χ3n) is 3.65. The van der Waals surface area contributed by atoms with E-state index in [4.69, 9.17) is 10.7 Å². The van der Waals surface area contributed by atoms with Gasteiger partial charge in [-0.3, -0.25) is 0 Å². The third kappa shape index (κ3) is 2.23. The smallest absolute Gasteiger partial charge is 0.141 e. The van der Waals surface area contributed by atoms with Crippen molar-refractivity contribution in [3.05, 3.63) is 42.0 Å². The molecule has 0 unspecified atom stereocenters. The van der Waals surface area contributed by atoms with Crippen LogP contribution in [0.3, 0.4) is 0 Å². The predicted molar refractivity (Wildman–Crippen MR) is 86.4 cm³/mol. The molecule has 0 aliphatic heterocycles. The number of phenolic OH excluding ortho intramolecular Hbond substituents is 1. The molecular formula is C17H19N3O. The van der Waals surface area contributed by atoms with Gasteiger partial charge in [0.15, 0.2) is 0 Å². The number of fused-ring (bicyclic) bond motifs is 1. The summed E-state index contributed by atoms with van der Waals surface area (Å²) in [6.45, 7) is 6.33. The fraction of sp³-hybridized carbons (Fsp3) is 0.235. The summed E-state index contributed by atoms with van der Waals surface area (Å²) >= 11 is 0. The van der Waals surface area contributed by atoms with E-state index >= 15 is 0 Å². The molecule has 4 heteroatoms. The van der Waals surface area contributed by atoms with E-state index in [-0.39, 0.29) is 11.8 Å². The minimum atomic E-state index is 0.0989. The average Bonchev–Trinajstić information content (AvgIpc) is 2.80. The Hall–Kier alpha value is -2.49. The number of aromatic nitrogens is 2. The van der Waals surface area contributed by atoms with Crippen molar-refractivity contribution in [1.29, 1.82) is 0 Å². The first-order valence-electron chi connectivity index (χ1n) is 7.05. The molecule has 0 aliphatic carbocycles. The number of aryl methyl sites for hydroxylation is 1. The summed E-state index contributed by atoms with van der Waals surface area (Å²) < 4.78 is 2.20. The number of nitrogens with zero attached hydrogens (tertiary/aromatic N) is 2. The maximum Gasteiger partial charge on any atom is 0.141 e. The van der Waals surface area contributed by atoms with E-state index in [9.17, 15) is 5.11 Å². The highest BCUT2D eigenvalue weighted by molar-refractivity contribution is 5.82. The molecule has 0 radical (unpaired) electrons. The van der Waals surface area contributed by atoms with Crippen molar-refractivity contribution < 1.29 is 5.11 Å². The maximum absolute atomic E-state index is 9.59. The van der Waals surface area contributed by atoms with Crippen LogP contribution in [0.4, 0.5) is 5.69 Å². The van der Waals surface area contributed by atoms with Crippen molar-refractivity contribution in [2.75, 3.05) is 5.73 Å². The minimum Gasteiger partial charge on any atom is -0.506 e. The zero-order valence-corrected chi connectivity index (χ0v) is 12.5. The van der Waals surface area contributed by atoms with Crippen molar-refractivity contribution in [2.24, 2.45) is 0 Å². The lowest BCUT2D eigenvalue weighted by Gasteiger charge is -2.13. The normalized spacial score (nSPS) is 11.4. The first-order valence-corrected chi connectivity index (χ1v) is 7.05. The molecule has 21 heavy (non-hydrogen) atoms. The molecule has 0 bridgehead atoms. The number of hydrogen-bond acceptors (Lipinski definition) is 3. The first kappa shape index (κ1) is 13.5. The molecule has 3 aromatic rings. The van der Waals surface area contributed by atoms with E-state index in [1.807, 2.05) is 6.07 Å². The largest absolute Gasteiger partial charge is 0.506 e. The van der Waals surface area contributed by atoms with Gasteiger partial charge in [0.2, 0.25) is 0 Å². The van der Waals surface area contributed by atoms with Gasteiger partial charge in [0.25, 0.3) is 0 Å². The summed E-state index contributed by atoms with van der Waals surface area (Å²) in [5.41, 5.74) is 10.4. The molecular weight excluding hydrogens is 262 g/mol. The lowest BCUT2D eigenvalue weighted by molar-refractivity contribution is 0.478. The summed E-state index contributed by atoms with van der Waals surface area (Å²) in [5.74, 6) is 0.971. The number of nitrogens with two attached hydrogens (primary N) is 1. The molecule has 0 amide bonds. The molecule has 2 aromatic carbocycles. The standard InChI is InChI=1S/C17H19N3O/c1-10(2)20-15-6-4-11(3)8-14(15)19-17(20)12-5-7-16(21)13(18)9-12/h4-10,21H,18H2,1-3H3. The third-order valence-corrected chi connectivity index (χ3v) is 3.65. The van der Waals surface area contributed by atoms with Gasteiger partial charge in [0.05, 0.1) is 16.7 Å². The topological polar surface area (TPSA) is 64.1 Å². The summed E-state index contributed by atoms with van der Waals surface area (Å²) in [4.78, 5) is 4.76. The summed E-state index contributed by atoms with van der Waals surface area (Å²) in [7, 11) is 0. The van der Waals surface area contributed by atoms with Gasteiger partial charge in [-0.15, -0.1) is 0 Å². The lowest BCUT2D eigenvalue weighted by atomic mass is 10.1. The Balaban J connectivity index is 2.30. The highest BCUT2D eigenvalue weighted by atomic mass is 16.3. The number of aromatic hydroxyl groups is 1. The van der Waals surface area contributed by atoms with Crippen LogP contribution in [0.2, 0.25) is 0 Å². The molecule has 0 saturated heterocycles. The molecule has 3 N–H and O–H groups in total. The van der Waals surface area contributed by atoms with Crippen LogP contribution in [0.1, 0.15) is 25.5 Å². The SMILES string of the molecule is Cc1ccc2c(c1)nc(-c1ccc(O)c(N)c1)n2C(C)C. The van der Waals surface area contributed by atoms with E-state index < -0.39 is 0 Å². The molecule has 1 aromatic heterocycles. The van der Waals surface area contributed by atoms with Crippen LogP contribution in [0.15, 0.2) is 36.4 Å².